The summed E-state index contributed by atoms with van der Waals surface area (Å²) in [5.41, 5.74) is 0.157. The first-order valence-electron chi connectivity index (χ1n) is 6.35. The summed E-state index contributed by atoms with van der Waals surface area (Å²) in [5.74, 6) is 0.978. The third-order valence-corrected chi connectivity index (χ3v) is 5.07. The highest BCUT2D eigenvalue weighted by atomic mass is 79.9. The second-order valence-corrected chi connectivity index (χ2v) is 6.49. The Morgan fingerprint density at radius 1 is 1.50 bits per heavy atom. The Kier molecular flexibility index (Phi) is 2.91. The Balaban J connectivity index is 1.96. The number of nitriles is 1. The fraction of sp³-hybridized carbons (Fsp3) is 0.571. The molecule has 2 aliphatic rings. The van der Waals surface area contributed by atoms with E-state index in [-0.39, 0.29) is 0 Å². The zero-order valence-electron chi connectivity index (χ0n) is 10.0. The Labute approximate surface area is 115 Å². The van der Waals surface area contributed by atoms with Crippen molar-refractivity contribution >= 4 is 15.9 Å². The fourth-order valence-corrected chi connectivity index (χ4v) is 4.16. The zero-order chi connectivity index (χ0) is 12.8. The van der Waals surface area contributed by atoms with Gasteiger partial charge in [0.15, 0.2) is 0 Å². The molecule has 0 spiro atoms. The molecule has 1 aromatic heterocycles. The molecule has 2 aliphatic carbocycles. The van der Waals surface area contributed by atoms with Crippen LogP contribution in [0.3, 0.4) is 0 Å². The Morgan fingerprint density at radius 2 is 2.33 bits per heavy atom. The number of hydrogen-bond donors (Lipinski definition) is 1. The molecule has 2 saturated carbocycles. The number of halogens is 1. The van der Waals surface area contributed by atoms with E-state index < -0.39 is 11.5 Å². The lowest BCUT2D eigenvalue weighted by Gasteiger charge is -2.35. The summed E-state index contributed by atoms with van der Waals surface area (Å²) in [4.78, 5) is 4.09. The van der Waals surface area contributed by atoms with Gasteiger partial charge in [0.2, 0.25) is 0 Å². The molecule has 1 heterocycles. The molecule has 0 aromatic carbocycles. The van der Waals surface area contributed by atoms with Crippen LogP contribution in [0.5, 0.6) is 0 Å². The Bertz CT molecular complexity index is 513. The summed E-state index contributed by atoms with van der Waals surface area (Å²) in [7, 11) is 0. The van der Waals surface area contributed by atoms with Crippen LogP contribution >= 0.6 is 15.9 Å². The van der Waals surface area contributed by atoms with Gasteiger partial charge in [-0.25, -0.2) is 0 Å². The predicted octanol–water partition coefficient (Wildman–Crippen LogP) is 3.21. The molecule has 0 radical (unpaired) electrons. The van der Waals surface area contributed by atoms with Gasteiger partial charge in [-0.2, -0.15) is 5.26 Å². The van der Waals surface area contributed by atoms with Crippen LogP contribution in [0.25, 0.3) is 0 Å². The Morgan fingerprint density at radius 3 is 2.89 bits per heavy atom. The van der Waals surface area contributed by atoms with Crippen molar-refractivity contribution in [1.82, 2.24) is 4.98 Å². The molecule has 3 rings (SSSR count). The monoisotopic (exact) mass is 306 g/mol. The van der Waals surface area contributed by atoms with Gasteiger partial charge in [-0.3, -0.25) is 4.98 Å². The number of rotatable bonds is 2. The molecular weight excluding hydrogens is 292 g/mol. The van der Waals surface area contributed by atoms with Crippen molar-refractivity contribution in [2.45, 2.75) is 31.8 Å². The van der Waals surface area contributed by atoms with Gasteiger partial charge < -0.3 is 5.11 Å². The quantitative estimate of drug-likeness (QED) is 0.913. The molecule has 94 valence electrons. The second-order valence-electron chi connectivity index (χ2n) is 5.57. The third-order valence-electron chi connectivity index (χ3n) is 4.63. The molecule has 4 atom stereocenters. The van der Waals surface area contributed by atoms with E-state index in [1.54, 1.807) is 12.4 Å². The van der Waals surface area contributed by atoms with Crippen LogP contribution in [0.2, 0.25) is 0 Å². The van der Waals surface area contributed by atoms with E-state index in [2.05, 4.69) is 27.0 Å². The number of nitrogens with zero attached hydrogens (tertiary/aromatic N) is 2. The minimum absolute atomic E-state index is 0.349. The summed E-state index contributed by atoms with van der Waals surface area (Å²) in [6.45, 7) is 0. The Hall–Kier alpha value is -0.920. The van der Waals surface area contributed by atoms with Crippen LogP contribution in [-0.2, 0) is 0 Å². The highest BCUT2D eigenvalue weighted by Crippen LogP contribution is 2.60. The van der Waals surface area contributed by atoms with E-state index in [0.29, 0.717) is 11.8 Å². The highest BCUT2D eigenvalue weighted by Gasteiger charge is 2.55. The zero-order valence-corrected chi connectivity index (χ0v) is 11.6. The van der Waals surface area contributed by atoms with Crippen LogP contribution in [0.4, 0.5) is 0 Å². The third kappa shape index (κ3) is 1.69. The van der Waals surface area contributed by atoms with Gasteiger partial charge in [0, 0.05) is 22.4 Å². The van der Waals surface area contributed by atoms with Gasteiger partial charge in [-0.1, -0.05) is 6.42 Å². The summed E-state index contributed by atoms with van der Waals surface area (Å²) in [6, 6.07) is 4.30. The average Bonchev–Trinajstić information content (AvgIpc) is 2.98. The number of pyridine rings is 1. The van der Waals surface area contributed by atoms with Crippen LogP contribution in [-0.4, -0.2) is 10.1 Å². The van der Waals surface area contributed by atoms with Crippen molar-refractivity contribution in [3.05, 3.63) is 28.5 Å². The van der Waals surface area contributed by atoms with E-state index in [1.165, 1.54) is 6.42 Å². The lowest BCUT2D eigenvalue weighted by atomic mass is 9.69. The number of aliphatic hydroxyl groups excluding tert-OH is 1. The van der Waals surface area contributed by atoms with Crippen LogP contribution in [0.15, 0.2) is 22.9 Å². The first-order valence-corrected chi connectivity index (χ1v) is 7.15. The minimum atomic E-state index is -0.720. The molecule has 4 unspecified atom stereocenters. The highest BCUT2D eigenvalue weighted by molar-refractivity contribution is 9.10. The second kappa shape index (κ2) is 4.32. The molecule has 4 heteroatoms. The molecule has 0 aliphatic heterocycles. The van der Waals surface area contributed by atoms with Gasteiger partial charge in [0.1, 0.15) is 0 Å². The molecule has 2 fully saturated rings. The number of hydrogen-bond acceptors (Lipinski definition) is 3. The van der Waals surface area contributed by atoms with E-state index in [4.69, 9.17) is 0 Å². The number of aliphatic hydroxyl groups is 1. The SMILES string of the molecule is N#CC1(C(O)c2cncc(Br)c2)CC2CCC1C2. The van der Waals surface area contributed by atoms with E-state index in [1.807, 2.05) is 6.07 Å². The van der Waals surface area contributed by atoms with Gasteiger partial charge in [0.25, 0.3) is 0 Å². The van der Waals surface area contributed by atoms with Crippen molar-refractivity contribution in [1.29, 1.82) is 5.26 Å². The summed E-state index contributed by atoms with van der Waals surface area (Å²) in [6.07, 6.45) is 6.88. The molecule has 0 saturated heterocycles. The lowest BCUT2D eigenvalue weighted by Crippen LogP contribution is -2.33. The summed E-state index contributed by atoms with van der Waals surface area (Å²) >= 11 is 3.36. The van der Waals surface area contributed by atoms with Crippen LogP contribution < -0.4 is 0 Å². The van der Waals surface area contributed by atoms with Crippen molar-refractivity contribution in [2.24, 2.45) is 17.3 Å². The van der Waals surface area contributed by atoms with Crippen molar-refractivity contribution in [2.75, 3.05) is 0 Å². The predicted molar refractivity (Wildman–Crippen MR) is 70.4 cm³/mol. The first kappa shape index (κ1) is 12.1. The fourth-order valence-electron chi connectivity index (χ4n) is 3.78. The van der Waals surface area contributed by atoms with Crippen LogP contribution in [0, 0.1) is 28.6 Å². The standard InChI is InChI=1S/C14H15BrN2O/c15-12-4-10(6-17-7-12)13(18)14(8-16)5-9-1-2-11(14)3-9/h4,6-7,9,11,13,18H,1-3,5H2. The van der Waals surface area contributed by atoms with Crippen molar-refractivity contribution in [3.8, 4) is 6.07 Å². The molecule has 2 bridgehead atoms. The summed E-state index contributed by atoms with van der Waals surface area (Å²) in [5, 5.41) is 20.2. The van der Waals surface area contributed by atoms with Crippen molar-refractivity contribution < 1.29 is 5.11 Å². The summed E-state index contributed by atoms with van der Waals surface area (Å²) < 4.78 is 0.843. The maximum absolute atomic E-state index is 10.6. The lowest BCUT2D eigenvalue weighted by molar-refractivity contribution is 0.0230. The van der Waals surface area contributed by atoms with E-state index >= 15 is 0 Å². The smallest absolute Gasteiger partial charge is 0.0994 e. The van der Waals surface area contributed by atoms with E-state index in [9.17, 15) is 10.4 Å². The topological polar surface area (TPSA) is 56.9 Å². The van der Waals surface area contributed by atoms with Gasteiger partial charge in [0.05, 0.1) is 17.6 Å². The van der Waals surface area contributed by atoms with Gasteiger partial charge in [-0.05, 0) is 53.1 Å². The molecule has 0 amide bonds. The molecule has 3 nitrogen and oxygen atoms in total. The number of fused-ring (bicyclic) bond motifs is 2. The van der Waals surface area contributed by atoms with Crippen molar-refractivity contribution in [3.63, 3.8) is 0 Å². The maximum atomic E-state index is 10.6. The first-order chi connectivity index (χ1) is 8.65. The molecule has 18 heavy (non-hydrogen) atoms. The molecule has 1 aromatic rings. The molecule has 1 N–H and O–H groups in total. The van der Waals surface area contributed by atoms with E-state index in [0.717, 1.165) is 29.3 Å². The largest absolute Gasteiger partial charge is 0.387 e. The van der Waals surface area contributed by atoms with Gasteiger partial charge in [-0.15, -0.1) is 0 Å². The normalized spacial score (nSPS) is 35.4. The molecular formula is C14H15BrN2O. The maximum Gasteiger partial charge on any atom is 0.0994 e. The van der Waals surface area contributed by atoms with Gasteiger partial charge >= 0.3 is 0 Å². The minimum Gasteiger partial charge on any atom is -0.387 e. The number of aromatic nitrogens is 1. The van der Waals surface area contributed by atoms with Crippen LogP contribution in [0.1, 0.15) is 37.4 Å². The average molecular weight is 307 g/mol.